The minimum absolute atomic E-state index is 0.127. The molecule has 17 heavy (non-hydrogen) atoms. The normalized spacial score (nSPS) is 11.2. The van der Waals surface area contributed by atoms with Crippen molar-refractivity contribution < 1.29 is 8.78 Å². The van der Waals surface area contributed by atoms with Gasteiger partial charge in [0.15, 0.2) is 11.6 Å². The van der Waals surface area contributed by atoms with Gasteiger partial charge in [0.25, 0.3) is 0 Å². The molecule has 0 aliphatic carbocycles. The molecule has 0 atom stereocenters. The van der Waals surface area contributed by atoms with Crippen LogP contribution < -0.4 is 0 Å². The van der Waals surface area contributed by atoms with Gasteiger partial charge in [0.1, 0.15) is 17.0 Å². The molecule has 0 radical (unpaired) electrons. The lowest BCUT2D eigenvalue weighted by atomic mass is 10.3. The molecule has 0 bridgehead atoms. The number of hydrogen-bond acceptors (Lipinski definition) is 2. The highest BCUT2D eigenvalue weighted by Crippen LogP contribution is 2.22. The third kappa shape index (κ3) is 1.49. The number of benzene rings is 1. The Kier molecular flexibility index (Phi) is 1.98. The van der Waals surface area contributed by atoms with Crippen LogP contribution in [0.25, 0.3) is 22.6 Å². The molecule has 0 aliphatic heterocycles. The van der Waals surface area contributed by atoms with Crippen molar-refractivity contribution >= 4 is 11.0 Å². The zero-order chi connectivity index (χ0) is 12.0. The Hall–Kier alpha value is -2.24. The molecule has 2 heterocycles. The fourth-order valence-corrected chi connectivity index (χ4v) is 1.77. The van der Waals surface area contributed by atoms with E-state index in [2.05, 4.69) is 15.1 Å². The highest BCUT2D eigenvalue weighted by Gasteiger charge is 2.12. The average Bonchev–Trinajstić information content (AvgIpc) is 2.83. The van der Waals surface area contributed by atoms with E-state index in [0.717, 1.165) is 6.07 Å². The molecule has 0 fully saturated rings. The van der Waals surface area contributed by atoms with Crippen LogP contribution in [0.4, 0.5) is 8.78 Å². The largest absolute Gasteiger partial charge is 0.336 e. The van der Waals surface area contributed by atoms with Gasteiger partial charge in [0, 0.05) is 19.3 Å². The van der Waals surface area contributed by atoms with Crippen LogP contribution in [0.5, 0.6) is 0 Å². The first-order valence-corrected chi connectivity index (χ1v) is 4.98. The van der Waals surface area contributed by atoms with Crippen LogP contribution in [-0.4, -0.2) is 19.7 Å². The number of imidazole rings is 1. The Labute approximate surface area is 94.9 Å². The summed E-state index contributed by atoms with van der Waals surface area (Å²) in [7, 11) is 1.75. The second-order valence-electron chi connectivity index (χ2n) is 3.71. The van der Waals surface area contributed by atoms with Gasteiger partial charge in [-0.15, -0.1) is 0 Å². The topological polar surface area (TPSA) is 46.5 Å². The molecule has 0 saturated heterocycles. The monoisotopic (exact) mass is 234 g/mol. The zero-order valence-electron chi connectivity index (χ0n) is 8.91. The van der Waals surface area contributed by atoms with E-state index >= 15 is 0 Å². The average molecular weight is 234 g/mol. The van der Waals surface area contributed by atoms with E-state index in [4.69, 9.17) is 0 Å². The molecule has 86 valence electrons. The number of nitrogens with zero attached hydrogens (tertiary/aromatic N) is 3. The van der Waals surface area contributed by atoms with Crippen molar-refractivity contribution in [2.24, 2.45) is 7.05 Å². The van der Waals surface area contributed by atoms with Gasteiger partial charge in [0.2, 0.25) is 0 Å². The molecule has 0 saturated carbocycles. The van der Waals surface area contributed by atoms with Crippen LogP contribution in [0.2, 0.25) is 0 Å². The lowest BCUT2D eigenvalue weighted by Gasteiger charge is -1.95. The van der Waals surface area contributed by atoms with E-state index in [1.165, 1.54) is 6.07 Å². The predicted molar refractivity (Wildman–Crippen MR) is 58.2 cm³/mol. The summed E-state index contributed by atoms with van der Waals surface area (Å²) in [5, 5.41) is 3.99. The van der Waals surface area contributed by atoms with Crippen LogP contribution in [0, 0.1) is 11.6 Å². The number of rotatable bonds is 1. The summed E-state index contributed by atoms with van der Waals surface area (Å²) in [5.41, 5.74) is 1.17. The van der Waals surface area contributed by atoms with E-state index in [0.29, 0.717) is 17.0 Å². The first kappa shape index (κ1) is 9.95. The lowest BCUT2D eigenvalue weighted by molar-refractivity contribution is 0.590. The number of hydrogen-bond donors (Lipinski definition) is 1. The van der Waals surface area contributed by atoms with Gasteiger partial charge in [-0.3, -0.25) is 4.68 Å². The molecule has 1 aromatic carbocycles. The van der Waals surface area contributed by atoms with Gasteiger partial charge >= 0.3 is 0 Å². The molecule has 0 spiro atoms. The molecular weight excluding hydrogens is 226 g/mol. The van der Waals surface area contributed by atoms with Crippen LogP contribution in [-0.2, 0) is 7.05 Å². The van der Waals surface area contributed by atoms with Crippen molar-refractivity contribution in [3.63, 3.8) is 0 Å². The number of nitrogens with one attached hydrogen (secondary N) is 1. The smallest absolute Gasteiger partial charge is 0.156 e. The number of halogens is 2. The molecule has 6 heteroatoms. The fourth-order valence-electron chi connectivity index (χ4n) is 1.77. The third-order valence-corrected chi connectivity index (χ3v) is 2.57. The van der Waals surface area contributed by atoms with Crippen molar-refractivity contribution in [2.45, 2.75) is 0 Å². The van der Waals surface area contributed by atoms with Crippen LogP contribution >= 0.6 is 0 Å². The van der Waals surface area contributed by atoms with Gasteiger partial charge in [-0.25, -0.2) is 13.8 Å². The van der Waals surface area contributed by atoms with Crippen molar-refractivity contribution in [1.82, 2.24) is 19.7 Å². The SMILES string of the molecule is Cn1nccc1-c1nc2c(F)cc(F)cc2[nH]1. The molecule has 0 amide bonds. The first-order valence-electron chi connectivity index (χ1n) is 4.98. The minimum atomic E-state index is -0.676. The highest BCUT2D eigenvalue weighted by atomic mass is 19.1. The van der Waals surface area contributed by atoms with E-state index < -0.39 is 11.6 Å². The number of aryl methyl sites for hydroxylation is 1. The summed E-state index contributed by atoms with van der Waals surface area (Å²) in [6.07, 6.45) is 1.61. The molecular formula is C11H8F2N4. The zero-order valence-corrected chi connectivity index (χ0v) is 8.91. The third-order valence-electron chi connectivity index (χ3n) is 2.57. The molecule has 1 N–H and O–H groups in total. The van der Waals surface area contributed by atoms with Gasteiger partial charge in [-0.2, -0.15) is 5.10 Å². The van der Waals surface area contributed by atoms with Gasteiger partial charge in [0.05, 0.1) is 5.52 Å². The second-order valence-corrected chi connectivity index (χ2v) is 3.71. The summed E-state index contributed by atoms with van der Waals surface area (Å²) >= 11 is 0. The maximum absolute atomic E-state index is 13.5. The Morgan fingerprint density at radius 3 is 2.82 bits per heavy atom. The Bertz CT molecular complexity index is 699. The number of aromatic amines is 1. The van der Waals surface area contributed by atoms with Crippen LogP contribution in [0.15, 0.2) is 24.4 Å². The fraction of sp³-hybridized carbons (Fsp3) is 0.0909. The quantitative estimate of drug-likeness (QED) is 0.701. The first-order chi connectivity index (χ1) is 8.15. The summed E-state index contributed by atoms with van der Waals surface area (Å²) < 4.78 is 28.1. The Morgan fingerprint density at radius 1 is 1.29 bits per heavy atom. The van der Waals surface area contributed by atoms with E-state index in [1.54, 1.807) is 24.0 Å². The van der Waals surface area contributed by atoms with Crippen molar-refractivity contribution in [2.75, 3.05) is 0 Å². The van der Waals surface area contributed by atoms with Gasteiger partial charge < -0.3 is 4.98 Å². The molecule has 4 nitrogen and oxygen atoms in total. The molecule has 0 unspecified atom stereocenters. The van der Waals surface area contributed by atoms with Crippen molar-refractivity contribution in [3.8, 4) is 11.5 Å². The van der Waals surface area contributed by atoms with Gasteiger partial charge in [-0.1, -0.05) is 0 Å². The van der Waals surface area contributed by atoms with E-state index in [1.807, 2.05) is 0 Å². The van der Waals surface area contributed by atoms with Crippen molar-refractivity contribution in [1.29, 1.82) is 0 Å². The molecule has 0 aliphatic rings. The van der Waals surface area contributed by atoms with Gasteiger partial charge in [-0.05, 0) is 12.1 Å². The molecule has 3 rings (SSSR count). The predicted octanol–water partition coefficient (Wildman–Crippen LogP) is 2.24. The maximum Gasteiger partial charge on any atom is 0.156 e. The van der Waals surface area contributed by atoms with Crippen LogP contribution in [0.3, 0.4) is 0 Å². The minimum Gasteiger partial charge on any atom is -0.336 e. The summed E-state index contributed by atoms with van der Waals surface area (Å²) in [6, 6.07) is 3.77. The number of aromatic nitrogens is 4. The lowest BCUT2D eigenvalue weighted by Crippen LogP contribution is -1.94. The van der Waals surface area contributed by atoms with E-state index in [-0.39, 0.29) is 5.52 Å². The summed E-state index contributed by atoms with van der Waals surface area (Å²) in [4.78, 5) is 6.97. The molecule has 3 aromatic rings. The summed E-state index contributed by atoms with van der Waals surface area (Å²) in [5.74, 6) is -0.843. The summed E-state index contributed by atoms with van der Waals surface area (Å²) in [6.45, 7) is 0. The van der Waals surface area contributed by atoms with E-state index in [9.17, 15) is 8.78 Å². The Morgan fingerprint density at radius 2 is 2.12 bits per heavy atom. The molecule has 2 aromatic heterocycles. The standard InChI is InChI=1S/C11H8F2N4/c1-17-9(2-3-14-17)11-15-8-5-6(12)4-7(13)10(8)16-11/h2-5H,1H3,(H,15,16). The number of fused-ring (bicyclic) bond motifs is 1. The second kappa shape index (κ2) is 3.38. The highest BCUT2D eigenvalue weighted by molar-refractivity contribution is 5.79. The maximum atomic E-state index is 13.5. The number of H-pyrrole nitrogens is 1. The van der Waals surface area contributed by atoms with Crippen molar-refractivity contribution in [3.05, 3.63) is 36.0 Å². The van der Waals surface area contributed by atoms with Crippen LogP contribution in [0.1, 0.15) is 0 Å². The Balaban J connectivity index is 2.27.